The maximum absolute atomic E-state index is 12.1. The fourth-order valence-corrected chi connectivity index (χ4v) is 8.99. The topological polar surface area (TPSA) is 138 Å². The number of thiophene rings is 1. The molecule has 7 rings (SSSR count). The number of likely N-dealkylation sites (tertiary alicyclic amines) is 1. The van der Waals surface area contributed by atoms with Gasteiger partial charge in [-0.25, -0.2) is 4.98 Å². The SMILES string of the molecule is C=CC(=O)N1CCC(Oc2cc(-c3noc(C4(C)CCCc5sc(N)c(C#N)c54)n3)nc(N3CCN(C4CCCC4)CC3)c2)CC1. The number of fused-ring (bicyclic) bond motifs is 1. The van der Waals surface area contributed by atoms with Crippen molar-refractivity contribution in [1.29, 1.82) is 5.26 Å². The smallest absolute Gasteiger partial charge is 0.245 e. The molecule has 0 bridgehead atoms. The number of anilines is 2. The van der Waals surface area contributed by atoms with E-state index in [2.05, 4.69) is 34.5 Å². The second-order valence-corrected chi connectivity index (χ2v) is 14.4. The molecule has 2 aliphatic carbocycles. The fourth-order valence-electron chi connectivity index (χ4n) is 7.80. The summed E-state index contributed by atoms with van der Waals surface area (Å²) in [4.78, 5) is 30.0. The Morgan fingerprint density at radius 1 is 1.13 bits per heavy atom. The predicted octanol–water partition coefficient (Wildman–Crippen LogP) is 4.91. The molecule has 1 saturated carbocycles. The zero-order valence-corrected chi connectivity index (χ0v) is 27.4. The highest BCUT2D eigenvalue weighted by Gasteiger charge is 2.43. The number of amides is 1. The number of nitrogens with two attached hydrogens (primary N) is 1. The van der Waals surface area contributed by atoms with Crippen molar-refractivity contribution in [2.75, 3.05) is 49.9 Å². The summed E-state index contributed by atoms with van der Waals surface area (Å²) in [6.45, 7) is 10.8. The number of hydrogen-bond acceptors (Lipinski definition) is 11. The Balaban J connectivity index is 1.17. The van der Waals surface area contributed by atoms with E-state index in [1.54, 1.807) is 0 Å². The molecule has 2 aliphatic heterocycles. The van der Waals surface area contributed by atoms with Crippen molar-refractivity contribution in [3.05, 3.63) is 46.7 Å². The number of aromatic nitrogens is 3. The van der Waals surface area contributed by atoms with Gasteiger partial charge in [0, 0.05) is 80.7 Å². The summed E-state index contributed by atoms with van der Waals surface area (Å²) in [5.41, 5.74) is 7.68. The van der Waals surface area contributed by atoms with Crippen LogP contribution in [0.3, 0.4) is 0 Å². The molecule has 4 aliphatic rings. The van der Waals surface area contributed by atoms with Crippen LogP contribution in [-0.4, -0.2) is 82.2 Å². The molecule has 0 radical (unpaired) electrons. The van der Waals surface area contributed by atoms with Gasteiger partial charge in [0.15, 0.2) is 0 Å². The van der Waals surface area contributed by atoms with Crippen molar-refractivity contribution < 1.29 is 14.1 Å². The van der Waals surface area contributed by atoms with E-state index in [1.807, 2.05) is 17.0 Å². The third-order valence-electron chi connectivity index (χ3n) is 10.4. The number of pyridine rings is 1. The van der Waals surface area contributed by atoms with Crippen LogP contribution in [0, 0.1) is 11.3 Å². The van der Waals surface area contributed by atoms with Crippen LogP contribution in [0.2, 0.25) is 0 Å². The van der Waals surface area contributed by atoms with Gasteiger partial charge >= 0.3 is 0 Å². The third-order valence-corrected chi connectivity index (χ3v) is 11.5. The van der Waals surface area contributed by atoms with Crippen molar-refractivity contribution in [2.24, 2.45) is 0 Å². The number of carbonyl (C=O) groups excluding carboxylic acids is 1. The van der Waals surface area contributed by atoms with Gasteiger partial charge in [0.2, 0.25) is 17.6 Å². The molecule has 3 fully saturated rings. The third kappa shape index (κ3) is 5.75. The van der Waals surface area contributed by atoms with Gasteiger partial charge in [-0.3, -0.25) is 9.69 Å². The van der Waals surface area contributed by atoms with E-state index < -0.39 is 5.41 Å². The minimum Gasteiger partial charge on any atom is -0.490 e. The Morgan fingerprint density at radius 2 is 1.89 bits per heavy atom. The molecule has 5 heterocycles. The Bertz CT molecular complexity index is 1640. The second-order valence-electron chi connectivity index (χ2n) is 13.2. The molecule has 1 amide bonds. The first-order valence-corrected chi connectivity index (χ1v) is 17.4. The summed E-state index contributed by atoms with van der Waals surface area (Å²) < 4.78 is 12.5. The summed E-state index contributed by atoms with van der Waals surface area (Å²) in [5, 5.41) is 14.9. The molecular formula is C34H42N8O3S. The molecule has 46 heavy (non-hydrogen) atoms. The number of rotatable bonds is 7. The van der Waals surface area contributed by atoms with Gasteiger partial charge in [0.05, 0.1) is 11.0 Å². The van der Waals surface area contributed by atoms with Gasteiger partial charge in [-0.2, -0.15) is 10.2 Å². The van der Waals surface area contributed by atoms with Crippen molar-refractivity contribution in [3.8, 4) is 23.3 Å². The predicted molar refractivity (Wildman–Crippen MR) is 177 cm³/mol. The molecule has 0 aromatic carbocycles. The molecule has 3 aromatic heterocycles. The number of nitriles is 1. The van der Waals surface area contributed by atoms with E-state index in [0.717, 1.165) is 74.5 Å². The Kier molecular flexibility index (Phi) is 8.46. The van der Waals surface area contributed by atoms with Gasteiger partial charge in [-0.05, 0) is 45.1 Å². The van der Waals surface area contributed by atoms with Crippen molar-refractivity contribution in [3.63, 3.8) is 0 Å². The van der Waals surface area contributed by atoms with Crippen LogP contribution in [-0.2, 0) is 16.6 Å². The molecule has 2 N–H and O–H groups in total. The molecular weight excluding hydrogens is 600 g/mol. The van der Waals surface area contributed by atoms with Crippen LogP contribution in [0.25, 0.3) is 11.5 Å². The molecule has 1 atom stereocenters. The van der Waals surface area contributed by atoms with E-state index in [0.29, 0.717) is 52.9 Å². The standard InChI is InChI=1S/C34H42N8O3S/c1-3-29(43)42-13-10-23(11-14-42)44-24-19-26(37-28(20-24)41-17-15-40(16-18-41)22-7-4-5-8-22)32-38-33(45-39-32)34(2)12-6-9-27-30(34)25(21-35)31(36)46-27/h3,19-20,22-23H,1,4-18,36H2,2H3. The van der Waals surface area contributed by atoms with E-state index >= 15 is 0 Å². The van der Waals surface area contributed by atoms with Gasteiger partial charge in [-0.15, -0.1) is 11.3 Å². The number of ether oxygens (including phenoxy) is 1. The minimum atomic E-state index is -0.609. The molecule has 0 spiro atoms. The number of piperazine rings is 1. The van der Waals surface area contributed by atoms with Crippen LogP contribution in [0.15, 0.2) is 29.3 Å². The maximum atomic E-state index is 12.1. The monoisotopic (exact) mass is 642 g/mol. The molecule has 242 valence electrons. The zero-order valence-electron chi connectivity index (χ0n) is 26.5. The van der Waals surface area contributed by atoms with Crippen LogP contribution in [0.1, 0.15) is 80.2 Å². The Labute approximate surface area is 274 Å². The van der Waals surface area contributed by atoms with Crippen LogP contribution in [0.4, 0.5) is 10.8 Å². The lowest BCUT2D eigenvalue weighted by Gasteiger charge is -2.38. The van der Waals surface area contributed by atoms with Crippen LogP contribution >= 0.6 is 11.3 Å². The maximum Gasteiger partial charge on any atom is 0.245 e. The van der Waals surface area contributed by atoms with Gasteiger partial charge in [0.1, 0.15) is 34.4 Å². The number of nitrogen functional groups attached to an aromatic ring is 1. The van der Waals surface area contributed by atoms with E-state index in [4.69, 9.17) is 25.0 Å². The van der Waals surface area contributed by atoms with Gasteiger partial charge in [0.25, 0.3) is 0 Å². The first kappa shape index (κ1) is 30.7. The number of piperidine rings is 1. The summed E-state index contributed by atoms with van der Waals surface area (Å²) in [6.07, 6.45) is 10.7. The Morgan fingerprint density at radius 3 is 2.61 bits per heavy atom. The van der Waals surface area contributed by atoms with E-state index in [9.17, 15) is 10.1 Å². The summed E-state index contributed by atoms with van der Waals surface area (Å²) in [5.74, 6) is 2.38. The van der Waals surface area contributed by atoms with Crippen LogP contribution < -0.4 is 15.4 Å². The van der Waals surface area contributed by atoms with Gasteiger partial charge in [-0.1, -0.05) is 24.6 Å². The number of hydrogen-bond donors (Lipinski definition) is 1. The number of aryl methyl sites for hydroxylation is 1. The fraction of sp³-hybridized carbons (Fsp3) is 0.559. The lowest BCUT2D eigenvalue weighted by molar-refractivity contribution is -0.127. The number of nitrogens with zero attached hydrogens (tertiary/aromatic N) is 7. The van der Waals surface area contributed by atoms with E-state index in [-0.39, 0.29) is 12.0 Å². The lowest BCUT2D eigenvalue weighted by Crippen LogP contribution is -2.50. The van der Waals surface area contributed by atoms with E-state index in [1.165, 1.54) is 43.1 Å². The van der Waals surface area contributed by atoms with Crippen molar-refractivity contribution in [2.45, 2.75) is 82.3 Å². The average molecular weight is 643 g/mol. The lowest BCUT2D eigenvalue weighted by atomic mass is 9.72. The molecule has 3 aromatic rings. The van der Waals surface area contributed by atoms with Crippen LogP contribution in [0.5, 0.6) is 5.75 Å². The highest BCUT2D eigenvalue weighted by molar-refractivity contribution is 7.16. The zero-order chi connectivity index (χ0) is 31.8. The molecule has 12 heteroatoms. The molecule has 2 saturated heterocycles. The average Bonchev–Trinajstić information content (AvgIpc) is 3.86. The molecule has 1 unspecified atom stereocenters. The highest BCUT2D eigenvalue weighted by Crippen LogP contribution is 2.48. The Hall–Kier alpha value is -3.95. The second kappa shape index (κ2) is 12.7. The number of carbonyl (C=O) groups is 1. The first-order valence-electron chi connectivity index (χ1n) is 16.6. The normalized spacial score (nSPS) is 22.9. The summed E-state index contributed by atoms with van der Waals surface area (Å²) in [7, 11) is 0. The summed E-state index contributed by atoms with van der Waals surface area (Å²) in [6, 6.07) is 6.95. The summed E-state index contributed by atoms with van der Waals surface area (Å²) >= 11 is 1.49. The quantitative estimate of drug-likeness (QED) is 0.354. The molecule has 11 nitrogen and oxygen atoms in total. The highest BCUT2D eigenvalue weighted by atomic mass is 32.1. The van der Waals surface area contributed by atoms with Gasteiger partial charge < -0.3 is 24.8 Å². The first-order chi connectivity index (χ1) is 22.4. The van der Waals surface area contributed by atoms with Crippen molar-refractivity contribution in [1.82, 2.24) is 24.9 Å². The largest absolute Gasteiger partial charge is 0.490 e. The minimum absolute atomic E-state index is 0.0231. The van der Waals surface area contributed by atoms with Crippen molar-refractivity contribution >= 4 is 28.1 Å².